The quantitative estimate of drug-likeness (QED) is 0.613. The summed E-state index contributed by atoms with van der Waals surface area (Å²) < 4.78 is 2.12. The number of rotatable bonds is 3. The number of aromatic nitrogens is 2. The molecule has 3 aromatic rings. The Bertz CT molecular complexity index is 1250. The van der Waals surface area contributed by atoms with Gasteiger partial charge in [0, 0.05) is 43.5 Å². The summed E-state index contributed by atoms with van der Waals surface area (Å²) in [6, 6.07) is 16.2. The highest BCUT2D eigenvalue weighted by atomic mass is 16.2. The molecule has 3 atom stereocenters. The molecule has 2 saturated heterocycles. The Morgan fingerprint density at radius 1 is 1.00 bits per heavy atom. The predicted molar refractivity (Wildman–Crippen MR) is 134 cm³/mol. The minimum absolute atomic E-state index is 0.0337. The van der Waals surface area contributed by atoms with Gasteiger partial charge in [-0.1, -0.05) is 31.0 Å². The summed E-state index contributed by atoms with van der Waals surface area (Å²) in [5.74, 6) is 1.21. The van der Waals surface area contributed by atoms with Crippen LogP contribution in [0.2, 0.25) is 0 Å². The number of aryl methyl sites for hydroxylation is 1. The van der Waals surface area contributed by atoms with Crippen LogP contribution in [-0.2, 0) is 4.79 Å². The van der Waals surface area contributed by atoms with Gasteiger partial charge in [0.05, 0.1) is 17.0 Å². The number of hydrogen-bond acceptors (Lipinski definition) is 5. The van der Waals surface area contributed by atoms with Crippen LogP contribution < -0.4 is 10.6 Å². The van der Waals surface area contributed by atoms with E-state index in [9.17, 15) is 9.59 Å². The highest BCUT2D eigenvalue weighted by Crippen LogP contribution is 2.28. The molecule has 3 unspecified atom stereocenters. The molecule has 0 radical (unpaired) electrons. The maximum atomic E-state index is 13.3. The molecule has 2 N–H and O–H groups in total. The van der Waals surface area contributed by atoms with Gasteiger partial charge in [-0.3, -0.25) is 24.4 Å². The van der Waals surface area contributed by atoms with Crippen molar-refractivity contribution < 1.29 is 9.59 Å². The van der Waals surface area contributed by atoms with Gasteiger partial charge in [-0.15, -0.1) is 0 Å². The molecule has 2 aromatic carbocycles. The number of hydrogen-bond donors (Lipinski definition) is 2. The number of piperazine rings is 1. The Kier molecular flexibility index (Phi) is 5.78. The standard InChI is InChI=1S/C27H32N6O2/c1-18-28-23-17-19(11-12-24(23)33(18)20-7-3-2-4-8-20)26(35)31-13-15-32(16-14-31)27-29-22-10-6-5-9-21(22)25(34)30-27/h2-4,7-8,11-12,17,21-22,27,29H,5-6,9-10,13-16H2,1H3,(H,30,34). The number of imidazole rings is 1. The van der Waals surface area contributed by atoms with E-state index in [1.165, 1.54) is 6.42 Å². The first-order valence-electron chi connectivity index (χ1n) is 12.7. The van der Waals surface area contributed by atoms with Crippen molar-refractivity contribution in [3.63, 3.8) is 0 Å². The number of nitrogens with one attached hydrogen (secondary N) is 2. The van der Waals surface area contributed by atoms with Crippen LogP contribution in [0.4, 0.5) is 0 Å². The maximum Gasteiger partial charge on any atom is 0.254 e. The Balaban J connectivity index is 1.13. The van der Waals surface area contributed by atoms with Crippen molar-refractivity contribution in [3.8, 4) is 5.69 Å². The van der Waals surface area contributed by atoms with E-state index < -0.39 is 0 Å². The normalized spacial score (nSPS) is 25.3. The van der Waals surface area contributed by atoms with E-state index >= 15 is 0 Å². The van der Waals surface area contributed by atoms with Crippen molar-refractivity contribution in [2.45, 2.75) is 44.9 Å². The first-order chi connectivity index (χ1) is 17.1. The average Bonchev–Trinajstić information content (AvgIpc) is 3.23. The van der Waals surface area contributed by atoms with Gasteiger partial charge in [0.15, 0.2) is 0 Å². The number of para-hydroxylation sites is 1. The van der Waals surface area contributed by atoms with Crippen LogP contribution in [-0.4, -0.2) is 69.7 Å². The Labute approximate surface area is 205 Å². The van der Waals surface area contributed by atoms with Crippen molar-refractivity contribution in [1.82, 2.24) is 30.0 Å². The molecule has 35 heavy (non-hydrogen) atoms. The van der Waals surface area contributed by atoms with E-state index in [0.29, 0.717) is 18.7 Å². The van der Waals surface area contributed by atoms with Gasteiger partial charge >= 0.3 is 0 Å². The van der Waals surface area contributed by atoms with E-state index in [-0.39, 0.29) is 30.1 Å². The fraction of sp³-hybridized carbons (Fsp3) is 0.444. The molecule has 0 spiro atoms. The summed E-state index contributed by atoms with van der Waals surface area (Å²) >= 11 is 0. The molecule has 8 heteroatoms. The topological polar surface area (TPSA) is 82.5 Å². The van der Waals surface area contributed by atoms with Gasteiger partial charge in [-0.2, -0.15) is 0 Å². The summed E-state index contributed by atoms with van der Waals surface area (Å²) in [7, 11) is 0. The van der Waals surface area contributed by atoms with Crippen molar-refractivity contribution in [2.75, 3.05) is 26.2 Å². The van der Waals surface area contributed by atoms with E-state index in [1.54, 1.807) is 0 Å². The zero-order valence-corrected chi connectivity index (χ0v) is 20.1. The third-order valence-corrected chi connectivity index (χ3v) is 7.80. The molecular weight excluding hydrogens is 440 g/mol. The van der Waals surface area contributed by atoms with Crippen LogP contribution in [0.3, 0.4) is 0 Å². The first-order valence-corrected chi connectivity index (χ1v) is 12.7. The highest BCUT2D eigenvalue weighted by molar-refractivity contribution is 5.97. The van der Waals surface area contributed by atoms with Crippen molar-refractivity contribution in [1.29, 1.82) is 0 Å². The Hall–Kier alpha value is -3.23. The van der Waals surface area contributed by atoms with Crippen LogP contribution >= 0.6 is 0 Å². The lowest BCUT2D eigenvalue weighted by Crippen LogP contribution is -2.69. The molecule has 0 bridgehead atoms. The van der Waals surface area contributed by atoms with Gasteiger partial charge in [0.1, 0.15) is 12.1 Å². The van der Waals surface area contributed by atoms with Crippen molar-refractivity contribution in [3.05, 3.63) is 59.9 Å². The fourth-order valence-electron chi connectivity index (χ4n) is 5.93. The number of benzene rings is 2. The third kappa shape index (κ3) is 4.10. The Morgan fingerprint density at radius 2 is 1.77 bits per heavy atom. The molecule has 3 heterocycles. The van der Waals surface area contributed by atoms with Crippen LogP contribution in [0.15, 0.2) is 48.5 Å². The minimum atomic E-state index is -0.139. The monoisotopic (exact) mass is 472 g/mol. The first kappa shape index (κ1) is 22.2. The largest absolute Gasteiger partial charge is 0.336 e. The SMILES string of the molecule is Cc1nc2cc(C(=O)N3CCN(C4NC(=O)C5CCCCC5N4)CC3)ccc2n1-c1ccccc1. The van der Waals surface area contributed by atoms with E-state index in [2.05, 4.69) is 32.2 Å². The molecule has 8 nitrogen and oxygen atoms in total. The summed E-state index contributed by atoms with van der Waals surface area (Å²) in [5.41, 5.74) is 3.55. The van der Waals surface area contributed by atoms with E-state index in [1.807, 2.05) is 48.2 Å². The number of amides is 2. The molecule has 182 valence electrons. The maximum absolute atomic E-state index is 13.3. The molecule has 2 amide bonds. The van der Waals surface area contributed by atoms with E-state index in [4.69, 9.17) is 4.98 Å². The molecule has 1 saturated carbocycles. The van der Waals surface area contributed by atoms with Gasteiger partial charge in [-0.05, 0) is 50.1 Å². The zero-order valence-electron chi connectivity index (χ0n) is 20.1. The number of nitrogens with zero attached hydrogens (tertiary/aromatic N) is 4. The smallest absolute Gasteiger partial charge is 0.254 e. The second-order valence-corrected chi connectivity index (χ2v) is 9.94. The highest BCUT2D eigenvalue weighted by Gasteiger charge is 2.40. The van der Waals surface area contributed by atoms with Gasteiger partial charge in [0.25, 0.3) is 5.91 Å². The lowest BCUT2D eigenvalue weighted by atomic mass is 9.82. The van der Waals surface area contributed by atoms with Gasteiger partial charge in [0.2, 0.25) is 5.91 Å². The van der Waals surface area contributed by atoms with Crippen LogP contribution in [0.5, 0.6) is 0 Å². The molecule has 6 rings (SSSR count). The molecule has 2 aliphatic heterocycles. The zero-order chi connectivity index (χ0) is 23.9. The summed E-state index contributed by atoms with van der Waals surface area (Å²) in [6.45, 7) is 4.71. The van der Waals surface area contributed by atoms with Gasteiger partial charge in [-0.25, -0.2) is 4.98 Å². The Morgan fingerprint density at radius 3 is 2.57 bits per heavy atom. The van der Waals surface area contributed by atoms with E-state index in [0.717, 1.165) is 54.9 Å². The fourth-order valence-corrected chi connectivity index (χ4v) is 5.93. The van der Waals surface area contributed by atoms with Crippen molar-refractivity contribution >= 4 is 22.8 Å². The predicted octanol–water partition coefficient (Wildman–Crippen LogP) is 2.65. The summed E-state index contributed by atoms with van der Waals surface area (Å²) in [5, 5.41) is 6.82. The lowest BCUT2D eigenvalue weighted by molar-refractivity contribution is -0.134. The van der Waals surface area contributed by atoms with Crippen molar-refractivity contribution in [2.24, 2.45) is 5.92 Å². The number of carbonyl (C=O) groups is 2. The third-order valence-electron chi connectivity index (χ3n) is 7.80. The summed E-state index contributed by atoms with van der Waals surface area (Å²) in [6.07, 6.45) is 4.23. The molecular formula is C27H32N6O2. The second kappa shape index (κ2) is 9.09. The second-order valence-electron chi connectivity index (χ2n) is 9.94. The summed E-state index contributed by atoms with van der Waals surface area (Å²) in [4.78, 5) is 34.8. The average molecular weight is 473 g/mol. The number of fused-ring (bicyclic) bond motifs is 2. The van der Waals surface area contributed by atoms with Crippen LogP contribution in [0.25, 0.3) is 16.7 Å². The van der Waals surface area contributed by atoms with Gasteiger partial charge < -0.3 is 10.2 Å². The molecule has 1 aromatic heterocycles. The minimum Gasteiger partial charge on any atom is -0.336 e. The number of carbonyl (C=O) groups excluding carboxylic acids is 2. The molecule has 1 aliphatic carbocycles. The lowest BCUT2D eigenvalue weighted by Gasteiger charge is -2.46. The molecule has 3 fully saturated rings. The van der Waals surface area contributed by atoms with Crippen LogP contribution in [0.1, 0.15) is 41.9 Å². The van der Waals surface area contributed by atoms with Crippen LogP contribution in [0, 0.1) is 12.8 Å². The molecule has 3 aliphatic rings.